The molecule has 0 aliphatic heterocycles. The van der Waals surface area contributed by atoms with Crippen molar-refractivity contribution in [3.63, 3.8) is 0 Å². The summed E-state index contributed by atoms with van der Waals surface area (Å²) in [6, 6.07) is 0. The molecule has 1 aromatic rings. The summed E-state index contributed by atoms with van der Waals surface area (Å²) in [5, 5.41) is 3.09. The lowest BCUT2D eigenvalue weighted by Crippen LogP contribution is -2.34. The zero-order valence-electron chi connectivity index (χ0n) is 12.6. The van der Waals surface area contributed by atoms with E-state index in [4.69, 9.17) is 0 Å². The highest BCUT2D eigenvalue weighted by Crippen LogP contribution is 2.22. The Hall–Kier alpha value is -1.32. The van der Waals surface area contributed by atoms with E-state index in [0.29, 0.717) is 0 Å². The molecule has 1 amide bonds. The van der Waals surface area contributed by atoms with Gasteiger partial charge in [-0.2, -0.15) is 0 Å². The highest BCUT2D eigenvalue weighted by molar-refractivity contribution is 5.79. The quantitative estimate of drug-likeness (QED) is 0.718. The van der Waals surface area contributed by atoms with Crippen molar-refractivity contribution in [3.8, 4) is 0 Å². The number of amides is 1. The van der Waals surface area contributed by atoms with E-state index in [9.17, 15) is 4.79 Å². The third-order valence-corrected chi connectivity index (χ3v) is 4.19. The number of nitrogens with one attached hydrogen (secondary N) is 2. The predicted octanol–water partition coefficient (Wildman–Crippen LogP) is 2.99. The molecule has 20 heavy (non-hydrogen) atoms. The van der Waals surface area contributed by atoms with Crippen LogP contribution in [0.1, 0.15) is 63.3 Å². The highest BCUT2D eigenvalue weighted by atomic mass is 16.1. The second-order valence-electron chi connectivity index (χ2n) is 5.83. The van der Waals surface area contributed by atoms with E-state index >= 15 is 0 Å². The molecule has 0 fully saturated rings. The molecule has 0 saturated heterocycles. The van der Waals surface area contributed by atoms with Crippen molar-refractivity contribution in [1.82, 2.24) is 15.3 Å². The number of aromatic amines is 1. The minimum atomic E-state index is 0.128. The van der Waals surface area contributed by atoms with Gasteiger partial charge in [-0.15, -0.1) is 0 Å². The van der Waals surface area contributed by atoms with Crippen LogP contribution in [0.2, 0.25) is 0 Å². The maximum absolute atomic E-state index is 12.1. The molecule has 4 heteroatoms. The molecule has 2 rings (SSSR count). The molecule has 1 atom stereocenters. The third-order valence-electron chi connectivity index (χ3n) is 4.19. The molecule has 2 N–H and O–H groups in total. The summed E-state index contributed by atoms with van der Waals surface area (Å²) in [5.41, 5.74) is 2.29. The molecule has 1 aromatic heterocycles. The molecule has 112 valence electrons. The van der Waals surface area contributed by atoms with Gasteiger partial charge >= 0.3 is 0 Å². The molecule has 0 spiro atoms. The van der Waals surface area contributed by atoms with Crippen LogP contribution in [0.3, 0.4) is 0 Å². The normalized spacial score (nSPS) is 17.8. The first-order valence-electron chi connectivity index (χ1n) is 8.10. The Morgan fingerprint density at radius 3 is 3.00 bits per heavy atom. The van der Waals surface area contributed by atoms with Crippen LogP contribution < -0.4 is 5.32 Å². The van der Waals surface area contributed by atoms with Crippen molar-refractivity contribution in [2.75, 3.05) is 6.54 Å². The molecule has 1 heterocycles. The first-order chi connectivity index (χ1) is 9.81. The molecule has 0 saturated carbocycles. The van der Waals surface area contributed by atoms with Crippen molar-refractivity contribution in [3.05, 3.63) is 17.7 Å². The summed E-state index contributed by atoms with van der Waals surface area (Å²) in [6.45, 7) is 3.06. The Labute approximate surface area is 121 Å². The number of H-pyrrole nitrogens is 1. The van der Waals surface area contributed by atoms with Gasteiger partial charge in [0.15, 0.2) is 0 Å². The highest BCUT2D eigenvalue weighted by Gasteiger charge is 2.25. The number of fused-ring (bicyclic) bond motifs is 1. The van der Waals surface area contributed by atoms with E-state index in [1.807, 2.05) is 0 Å². The first kappa shape index (κ1) is 15.1. The van der Waals surface area contributed by atoms with Crippen molar-refractivity contribution in [1.29, 1.82) is 0 Å². The number of aromatic nitrogens is 2. The Kier molecular flexibility index (Phi) is 6.09. The molecular formula is C16H27N3O. The average Bonchev–Trinajstić information content (AvgIpc) is 2.93. The van der Waals surface area contributed by atoms with Gasteiger partial charge < -0.3 is 10.3 Å². The fraction of sp³-hybridized carbons (Fsp3) is 0.750. The second-order valence-corrected chi connectivity index (χ2v) is 5.83. The number of carbonyl (C=O) groups is 1. The summed E-state index contributed by atoms with van der Waals surface area (Å²) in [7, 11) is 0. The first-order valence-corrected chi connectivity index (χ1v) is 8.10. The van der Waals surface area contributed by atoms with Gasteiger partial charge in [-0.3, -0.25) is 4.79 Å². The number of unbranched alkanes of at least 4 members (excludes halogenated alkanes) is 5. The van der Waals surface area contributed by atoms with Crippen LogP contribution in [0.5, 0.6) is 0 Å². The minimum absolute atomic E-state index is 0.128. The zero-order chi connectivity index (χ0) is 14.2. The van der Waals surface area contributed by atoms with Gasteiger partial charge in [0.25, 0.3) is 0 Å². The van der Waals surface area contributed by atoms with Crippen LogP contribution in [0.15, 0.2) is 6.33 Å². The minimum Gasteiger partial charge on any atom is -0.356 e. The van der Waals surface area contributed by atoms with E-state index in [2.05, 4.69) is 22.2 Å². The molecule has 1 aliphatic carbocycles. The van der Waals surface area contributed by atoms with Crippen molar-refractivity contribution < 1.29 is 4.79 Å². The number of carbonyl (C=O) groups excluding carboxylic acids is 1. The summed E-state index contributed by atoms with van der Waals surface area (Å²) in [4.78, 5) is 19.5. The number of rotatable bonds is 8. The van der Waals surface area contributed by atoms with Gasteiger partial charge in [0, 0.05) is 24.6 Å². The number of nitrogens with zero attached hydrogens (tertiary/aromatic N) is 1. The van der Waals surface area contributed by atoms with Gasteiger partial charge in [0.05, 0.1) is 12.0 Å². The maximum Gasteiger partial charge on any atom is 0.223 e. The van der Waals surface area contributed by atoms with Gasteiger partial charge in [-0.1, -0.05) is 39.0 Å². The van der Waals surface area contributed by atoms with Crippen LogP contribution in [0, 0.1) is 5.92 Å². The van der Waals surface area contributed by atoms with Gasteiger partial charge in [0.2, 0.25) is 5.91 Å². The Morgan fingerprint density at radius 2 is 2.15 bits per heavy atom. The fourth-order valence-electron chi connectivity index (χ4n) is 2.89. The van der Waals surface area contributed by atoms with Gasteiger partial charge in [-0.25, -0.2) is 4.98 Å². The van der Waals surface area contributed by atoms with Crippen LogP contribution >= 0.6 is 0 Å². The number of hydrogen-bond acceptors (Lipinski definition) is 2. The Morgan fingerprint density at radius 1 is 1.35 bits per heavy atom. The fourth-order valence-corrected chi connectivity index (χ4v) is 2.89. The standard InChI is InChI=1S/C16H27N3O/c1-2-3-4-5-6-7-10-17-16(20)13-8-9-14-15(11-13)19-12-18-14/h12-13H,2-11H2,1H3,(H,17,20)(H,18,19). The topological polar surface area (TPSA) is 57.8 Å². The average molecular weight is 277 g/mol. The largest absolute Gasteiger partial charge is 0.356 e. The third kappa shape index (κ3) is 4.36. The van der Waals surface area contributed by atoms with E-state index in [0.717, 1.165) is 43.6 Å². The van der Waals surface area contributed by atoms with E-state index in [1.54, 1.807) is 6.33 Å². The summed E-state index contributed by atoms with van der Waals surface area (Å²) in [5.74, 6) is 0.349. The number of imidazole rings is 1. The SMILES string of the molecule is CCCCCCCCNC(=O)C1CCc2nc[nH]c2C1. The maximum atomic E-state index is 12.1. The predicted molar refractivity (Wildman–Crippen MR) is 80.5 cm³/mol. The lowest BCUT2D eigenvalue weighted by molar-refractivity contribution is -0.125. The van der Waals surface area contributed by atoms with Crippen LogP contribution in [0.4, 0.5) is 0 Å². The van der Waals surface area contributed by atoms with Crippen LogP contribution in [-0.4, -0.2) is 22.4 Å². The van der Waals surface area contributed by atoms with Crippen molar-refractivity contribution in [2.45, 2.75) is 64.7 Å². The van der Waals surface area contributed by atoms with E-state index in [1.165, 1.54) is 32.1 Å². The molecule has 0 aromatic carbocycles. The summed E-state index contributed by atoms with van der Waals surface area (Å²) in [6.07, 6.45) is 12.0. The molecule has 1 unspecified atom stereocenters. The number of hydrogen-bond donors (Lipinski definition) is 2. The zero-order valence-corrected chi connectivity index (χ0v) is 12.6. The van der Waals surface area contributed by atoms with E-state index in [-0.39, 0.29) is 11.8 Å². The van der Waals surface area contributed by atoms with Crippen molar-refractivity contribution >= 4 is 5.91 Å². The molecule has 0 radical (unpaired) electrons. The lowest BCUT2D eigenvalue weighted by Gasteiger charge is -2.20. The summed E-state index contributed by atoms with van der Waals surface area (Å²) < 4.78 is 0. The van der Waals surface area contributed by atoms with Gasteiger partial charge in [-0.05, 0) is 19.3 Å². The molecule has 4 nitrogen and oxygen atoms in total. The Balaban J connectivity index is 1.59. The van der Waals surface area contributed by atoms with E-state index < -0.39 is 0 Å². The molecular weight excluding hydrogens is 250 g/mol. The molecule has 0 bridgehead atoms. The van der Waals surface area contributed by atoms with Crippen LogP contribution in [-0.2, 0) is 17.6 Å². The molecule has 1 aliphatic rings. The smallest absolute Gasteiger partial charge is 0.223 e. The second kappa shape index (κ2) is 8.08. The lowest BCUT2D eigenvalue weighted by atomic mass is 9.89. The van der Waals surface area contributed by atoms with Gasteiger partial charge in [0.1, 0.15) is 0 Å². The van der Waals surface area contributed by atoms with Crippen molar-refractivity contribution in [2.24, 2.45) is 5.92 Å². The van der Waals surface area contributed by atoms with Crippen LogP contribution in [0.25, 0.3) is 0 Å². The Bertz CT molecular complexity index is 414. The summed E-state index contributed by atoms with van der Waals surface area (Å²) >= 11 is 0. The monoisotopic (exact) mass is 277 g/mol. The number of aryl methyl sites for hydroxylation is 1.